The van der Waals surface area contributed by atoms with Crippen LogP contribution in [0.2, 0.25) is 0 Å². The molecule has 50 heavy (non-hydrogen) atoms. The van der Waals surface area contributed by atoms with Gasteiger partial charge < -0.3 is 4.57 Å². The Labute approximate surface area is 292 Å². The average Bonchev–Trinajstić information content (AvgIpc) is 3.75. The van der Waals surface area contributed by atoms with Gasteiger partial charge in [-0.15, -0.1) is 11.3 Å². The number of para-hydroxylation sites is 1. The molecule has 0 atom stereocenters. The van der Waals surface area contributed by atoms with Crippen LogP contribution in [0.5, 0.6) is 0 Å². The van der Waals surface area contributed by atoms with E-state index in [1.165, 1.54) is 102 Å². The molecule has 0 amide bonds. The van der Waals surface area contributed by atoms with Crippen LogP contribution in [0.1, 0.15) is 0 Å². The molecule has 0 fully saturated rings. The first-order valence-corrected chi connectivity index (χ1v) is 18.0. The van der Waals surface area contributed by atoms with E-state index in [9.17, 15) is 0 Å². The van der Waals surface area contributed by atoms with E-state index in [2.05, 4.69) is 180 Å². The van der Waals surface area contributed by atoms with E-state index in [0.717, 1.165) is 0 Å². The quantitative estimate of drug-likeness (QED) is 0.168. The summed E-state index contributed by atoms with van der Waals surface area (Å²) in [6, 6.07) is 64.7. The normalized spacial score (nSPS) is 12.0. The first-order valence-electron chi connectivity index (χ1n) is 17.2. The summed E-state index contributed by atoms with van der Waals surface area (Å²) in [6.07, 6.45) is 0. The van der Waals surface area contributed by atoms with Crippen molar-refractivity contribution in [2.24, 2.45) is 0 Å². The molecule has 0 saturated heterocycles. The standard InChI is InChI=1S/C48H29NS/c1-3-15-30(16-4-1)32-27-33(31-17-5-2-6-18-31)29-34(28-32)49-41-25-13-11-23-39(41)45-43-37-21-9-7-19-35(37)36-20-8-10-22-38(36)44(43)46-40-24-12-14-26-42(40)50-48(46)47(45)49/h1-29H. The molecule has 2 aromatic heterocycles. The predicted molar refractivity (Wildman–Crippen MR) is 217 cm³/mol. The van der Waals surface area contributed by atoms with Crippen LogP contribution in [0, 0.1) is 0 Å². The fraction of sp³-hybridized carbons (Fsp3) is 0. The zero-order valence-corrected chi connectivity index (χ0v) is 27.9. The van der Waals surface area contributed by atoms with Crippen LogP contribution < -0.4 is 0 Å². The van der Waals surface area contributed by atoms with E-state index in [1.54, 1.807) is 0 Å². The lowest BCUT2D eigenvalue weighted by molar-refractivity contribution is 1.19. The summed E-state index contributed by atoms with van der Waals surface area (Å²) in [6.45, 7) is 0. The van der Waals surface area contributed by atoms with E-state index in [0.29, 0.717) is 0 Å². The Morgan fingerprint density at radius 1 is 0.340 bits per heavy atom. The van der Waals surface area contributed by atoms with Crippen molar-refractivity contribution in [2.45, 2.75) is 0 Å². The summed E-state index contributed by atoms with van der Waals surface area (Å²) in [7, 11) is 0. The lowest BCUT2D eigenvalue weighted by Gasteiger charge is -2.16. The molecule has 0 radical (unpaired) electrons. The second-order valence-corrected chi connectivity index (χ2v) is 14.3. The van der Waals surface area contributed by atoms with Crippen molar-refractivity contribution >= 4 is 85.6 Å². The minimum atomic E-state index is 1.17. The van der Waals surface area contributed by atoms with Crippen LogP contribution >= 0.6 is 11.3 Å². The van der Waals surface area contributed by atoms with Crippen molar-refractivity contribution < 1.29 is 0 Å². The molecule has 11 aromatic rings. The molecule has 9 aromatic carbocycles. The summed E-state index contributed by atoms with van der Waals surface area (Å²) >= 11 is 1.92. The summed E-state index contributed by atoms with van der Waals surface area (Å²) in [5.41, 5.74) is 8.49. The van der Waals surface area contributed by atoms with Gasteiger partial charge in [0.15, 0.2) is 0 Å². The molecule has 232 valence electrons. The van der Waals surface area contributed by atoms with Gasteiger partial charge in [0.2, 0.25) is 0 Å². The number of aromatic nitrogens is 1. The molecule has 0 unspecified atom stereocenters. The monoisotopic (exact) mass is 651 g/mol. The van der Waals surface area contributed by atoms with Crippen LogP contribution in [-0.2, 0) is 0 Å². The Morgan fingerprint density at radius 2 is 0.820 bits per heavy atom. The highest BCUT2D eigenvalue weighted by molar-refractivity contribution is 7.27. The van der Waals surface area contributed by atoms with Crippen molar-refractivity contribution in [3.63, 3.8) is 0 Å². The molecule has 0 aliphatic rings. The molecule has 0 N–H and O–H groups in total. The van der Waals surface area contributed by atoms with Crippen LogP contribution in [-0.4, -0.2) is 4.57 Å². The van der Waals surface area contributed by atoms with Crippen molar-refractivity contribution in [1.82, 2.24) is 4.57 Å². The molecule has 1 nitrogen and oxygen atoms in total. The smallest absolute Gasteiger partial charge is 0.0726 e. The largest absolute Gasteiger partial charge is 0.308 e. The van der Waals surface area contributed by atoms with Gasteiger partial charge in [-0.25, -0.2) is 0 Å². The second kappa shape index (κ2) is 10.6. The Bertz CT molecular complexity index is 3070. The van der Waals surface area contributed by atoms with Gasteiger partial charge in [-0.2, -0.15) is 0 Å². The van der Waals surface area contributed by atoms with Crippen LogP contribution in [0.3, 0.4) is 0 Å². The van der Waals surface area contributed by atoms with Crippen LogP contribution in [0.25, 0.3) is 102 Å². The molecule has 0 saturated carbocycles. The maximum Gasteiger partial charge on any atom is 0.0726 e. The van der Waals surface area contributed by atoms with Gasteiger partial charge in [-0.1, -0.05) is 146 Å². The number of nitrogens with zero attached hydrogens (tertiary/aromatic N) is 1. The van der Waals surface area contributed by atoms with E-state index in [4.69, 9.17) is 0 Å². The zero-order chi connectivity index (χ0) is 32.8. The zero-order valence-electron chi connectivity index (χ0n) is 27.1. The Morgan fingerprint density at radius 3 is 1.44 bits per heavy atom. The molecule has 0 spiro atoms. The number of rotatable bonds is 3. The van der Waals surface area contributed by atoms with E-state index >= 15 is 0 Å². The SMILES string of the molecule is c1ccc(-c2cc(-c3ccccc3)cc(-n3c4ccccc4c4c5c6ccccc6c6ccccc6c5c5c6ccccc6sc5c43)c2)cc1. The fourth-order valence-corrected chi connectivity index (χ4v) is 9.68. The fourth-order valence-electron chi connectivity index (χ4n) is 8.43. The molecular formula is C48H29NS. The molecule has 0 bridgehead atoms. The number of hydrogen-bond acceptors (Lipinski definition) is 1. The van der Waals surface area contributed by atoms with Crippen molar-refractivity contribution in [3.8, 4) is 27.9 Å². The predicted octanol–water partition coefficient (Wildman–Crippen LogP) is 13.9. The number of thiophene rings is 1. The number of fused-ring (bicyclic) bond motifs is 15. The third-order valence-electron chi connectivity index (χ3n) is 10.5. The third-order valence-corrected chi connectivity index (χ3v) is 11.7. The Kier molecular flexibility index (Phi) is 5.89. The summed E-state index contributed by atoms with van der Waals surface area (Å²) in [5, 5.41) is 13.2. The highest BCUT2D eigenvalue weighted by Crippen LogP contribution is 2.52. The lowest BCUT2D eigenvalue weighted by atomic mass is 9.89. The highest BCUT2D eigenvalue weighted by atomic mass is 32.1. The molecule has 0 aliphatic heterocycles. The minimum absolute atomic E-state index is 1.17. The third kappa shape index (κ3) is 3.88. The molecule has 2 heterocycles. The summed E-state index contributed by atoms with van der Waals surface area (Å²) in [5.74, 6) is 0. The Hall–Kier alpha value is -6.22. The van der Waals surface area contributed by atoms with E-state index < -0.39 is 0 Å². The molecule has 2 heteroatoms. The van der Waals surface area contributed by atoms with E-state index in [1.807, 2.05) is 11.3 Å². The summed E-state index contributed by atoms with van der Waals surface area (Å²) < 4.78 is 5.20. The maximum absolute atomic E-state index is 2.56. The minimum Gasteiger partial charge on any atom is -0.308 e. The lowest BCUT2D eigenvalue weighted by Crippen LogP contribution is -1.96. The van der Waals surface area contributed by atoms with Gasteiger partial charge in [0.25, 0.3) is 0 Å². The first-order chi connectivity index (χ1) is 24.8. The van der Waals surface area contributed by atoms with Crippen molar-refractivity contribution in [1.29, 1.82) is 0 Å². The van der Waals surface area contributed by atoms with Crippen molar-refractivity contribution in [2.75, 3.05) is 0 Å². The average molecular weight is 652 g/mol. The second-order valence-electron chi connectivity index (χ2n) is 13.2. The molecule has 0 aliphatic carbocycles. The maximum atomic E-state index is 2.56. The highest BCUT2D eigenvalue weighted by Gasteiger charge is 2.25. The van der Waals surface area contributed by atoms with Crippen LogP contribution in [0.15, 0.2) is 176 Å². The van der Waals surface area contributed by atoms with E-state index in [-0.39, 0.29) is 0 Å². The van der Waals surface area contributed by atoms with Crippen LogP contribution in [0.4, 0.5) is 0 Å². The summed E-state index contributed by atoms with van der Waals surface area (Å²) in [4.78, 5) is 0. The Balaban J connectivity index is 1.42. The van der Waals surface area contributed by atoms with Gasteiger partial charge in [-0.05, 0) is 74.1 Å². The topological polar surface area (TPSA) is 4.93 Å². The van der Waals surface area contributed by atoms with Gasteiger partial charge in [0.05, 0.1) is 15.7 Å². The van der Waals surface area contributed by atoms with Gasteiger partial charge in [0, 0.05) is 42.7 Å². The first kappa shape index (κ1) is 27.7. The van der Waals surface area contributed by atoms with Crippen molar-refractivity contribution in [3.05, 3.63) is 176 Å². The number of benzene rings is 9. The molecule has 11 rings (SSSR count). The molecular weight excluding hydrogens is 623 g/mol. The van der Waals surface area contributed by atoms with Gasteiger partial charge in [-0.3, -0.25) is 0 Å². The number of hydrogen-bond donors (Lipinski definition) is 0. The van der Waals surface area contributed by atoms with Gasteiger partial charge in [0.1, 0.15) is 0 Å². The van der Waals surface area contributed by atoms with Gasteiger partial charge >= 0.3 is 0 Å².